The number of benzene rings is 3. The maximum Gasteiger partial charge on any atom is 0.0406 e. The first kappa shape index (κ1) is 16.8. The van der Waals surface area contributed by atoms with Crippen LogP contribution in [-0.4, -0.2) is 0 Å². The zero-order chi connectivity index (χ0) is 16.6. The Balaban J connectivity index is 1.65. The molecule has 0 spiro atoms. The van der Waals surface area contributed by atoms with Gasteiger partial charge in [-0.25, -0.2) is 0 Å². The van der Waals surface area contributed by atoms with E-state index >= 15 is 0 Å². The predicted octanol–water partition coefficient (Wildman–Crippen LogP) is 6.88. The van der Waals surface area contributed by atoms with Crippen molar-refractivity contribution in [3.63, 3.8) is 0 Å². The molecule has 1 unspecified atom stereocenters. The second-order valence-electron chi connectivity index (χ2n) is 6.25. The fraction of sp³-hybridized carbons (Fsp3) is 0.217. The Morgan fingerprint density at radius 1 is 0.625 bits per heavy atom. The van der Waals surface area contributed by atoms with Crippen molar-refractivity contribution in [1.82, 2.24) is 0 Å². The van der Waals surface area contributed by atoms with E-state index in [1.165, 1.54) is 36.0 Å². The van der Waals surface area contributed by atoms with E-state index in [-0.39, 0.29) is 0 Å². The topological polar surface area (TPSA) is 0 Å². The molecular weight excluding hydrogens is 312 g/mol. The average molecular weight is 335 g/mol. The Morgan fingerprint density at radius 3 is 1.88 bits per heavy atom. The second-order valence-corrected chi connectivity index (χ2v) is 6.68. The van der Waals surface area contributed by atoms with Gasteiger partial charge in [0.25, 0.3) is 0 Å². The minimum Gasteiger partial charge on any atom is -0.0843 e. The molecule has 0 aliphatic heterocycles. The Morgan fingerprint density at radius 2 is 1.21 bits per heavy atom. The van der Waals surface area contributed by atoms with E-state index in [1.54, 1.807) is 0 Å². The van der Waals surface area contributed by atoms with Gasteiger partial charge < -0.3 is 0 Å². The lowest BCUT2D eigenvalue weighted by molar-refractivity contribution is 0.626. The molecule has 0 radical (unpaired) electrons. The van der Waals surface area contributed by atoms with Crippen LogP contribution in [0.25, 0.3) is 0 Å². The summed E-state index contributed by atoms with van der Waals surface area (Å²) in [6, 6.07) is 29.9. The third-order valence-electron chi connectivity index (χ3n) is 4.53. The summed E-state index contributed by atoms with van der Waals surface area (Å²) in [6.45, 7) is 0. The van der Waals surface area contributed by atoms with E-state index in [0.29, 0.717) is 5.92 Å². The van der Waals surface area contributed by atoms with Crippen LogP contribution in [0.1, 0.15) is 41.9 Å². The third kappa shape index (κ3) is 4.72. The first-order valence-corrected chi connectivity index (χ1v) is 9.05. The van der Waals surface area contributed by atoms with E-state index in [0.717, 1.165) is 11.4 Å². The fourth-order valence-corrected chi connectivity index (χ4v) is 3.35. The lowest BCUT2D eigenvalue weighted by Crippen LogP contribution is -2.01. The Labute approximate surface area is 150 Å². The summed E-state index contributed by atoms with van der Waals surface area (Å²) < 4.78 is 0. The van der Waals surface area contributed by atoms with Crippen LogP contribution < -0.4 is 0 Å². The Hall–Kier alpha value is -2.05. The number of aryl methyl sites for hydroxylation is 1. The summed E-state index contributed by atoms with van der Waals surface area (Å²) in [5.74, 6) is 0.444. The first-order chi connectivity index (χ1) is 11.8. The Bertz CT molecular complexity index is 717. The lowest BCUT2D eigenvalue weighted by Gasteiger charge is -2.18. The van der Waals surface area contributed by atoms with Crippen molar-refractivity contribution in [2.45, 2.75) is 31.6 Å². The molecular formula is C23H23Cl. The average Bonchev–Trinajstić information content (AvgIpc) is 2.64. The monoisotopic (exact) mass is 334 g/mol. The largest absolute Gasteiger partial charge is 0.0843 e. The fourth-order valence-electron chi connectivity index (χ4n) is 3.23. The van der Waals surface area contributed by atoms with Crippen molar-refractivity contribution in [3.05, 3.63) is 107 Å². The maximum atomic E-state index is 6.06. The van der Waals surface area contributed by atoms with Gasteiger partial charge in [-0.15, -0.1) is 0 Å². The van der Waals surface area contributed by atoms with Crippen LogP contribution in [0.15, 0.2) is 84.9 Å². The van der Waals surface area contributed by atoms with Crippen LogP contribution in [0, 0.1) is 0 Å². The maximum absolute atomic E-state index is 6.06. The van der Waals surface area contributed by atoms with Crippen LogP contribution in [0.3, 0.4) is 0 Å². The van der Waals surface area contributed by atoms with Gasteiger partial charge in [0.1, 0.15) is 0 Å². The molecule has 0 bridgehead atoms. The zero-order valence-corrected chi connectivity index (χ0v) is 14.6. The van der Waals surface area contributed by atoms with Gasteiger partial charge in [-0.05, 0) is 48.1 Å². The van der Waals surface area contributed by atoms with Gasteiger partial charge in [0.05, 0.1) is 0 Å². The van der Waals surface area contributed by atoms with Gasteiger partial charge in [-0.1, -0.05) is 90.8 Å². The van der Waals surface area contributed by atoms with Gasteiger partial charge in [-0.3, -0.25) is 0 Å². The molecule has 0 saturated heterocycles. The molecule has 0 saturated carbocycles. The minimum absolute atomic E-state index is 0.444. The van der Waals surface area contributed by atoms with E-state index < -0.39 is 0 Å². The highest BCUT2D eigenvalue weighted by Gasteiger charge is 2.13. The summed E-state index contributed by atoms with van der Waals surface area (Å²) in [7, 11) is 0. The predicted molar refractivity (Wildman–Crippen MR) is 104 cm³/mol. The summed E-state index contributed by atoms with van der Waals surface area (Å²) in [5, 5.41) is 0.801. The molecule has 3 rings (SSSR count). The number of halogens is 1. The molecule has 3 aromatic carbocycles. The molecule has 0 amide bonds. The molecule has 0 aliphatic rings. The summed E-state index contributed by atoms with van der Waals surface area (Å²) in [5.41, 5.74) is 4.17. The number of hydrogen-bond donors (Lipinski definition) is 0. The molecule has 0 N–H and O–H groups in total. The number of hydrogen-bond acceptors (Lipinski definition) is 0. The smallest absolute Gasteiger partial charge is 0.0406 e. The van der Waals surface area contributed by atoms with Crippen LogP contribution in [0.4, 0.5) is 0 Å². The van der Waals surface area contributed by atoms with Crippen LogP contribution in [0.2, 0.25) is 5.02 Å². The van der Waals surface area contributed by atoms with E-state index in [9.17, 15) is 0 Å². The quantitative estimate of drug-likeness (QED) is 0.413. The molecule has 0 aliphatic carbocycles. The van der Waals surface area contributed by atoms with Gasteiger partial charge in [-0.2, -0.15) is 0 Å². The molecule has 0 aromatic heterocycles. The number of unbranched alkanes of at least 4 members (excludes halogenated alkanes) is 1. The highest BCUT2D eigenvalue weighted by atomic mass is 35.5. The summed E-state index contributed by atoms with van der Waals surface area (Å²) in [6.07, 6.45) is 4.76. The molecule has 1 heteroatoms. The molecule has 3 aromatic rings. The highest BCUT2D eigenvalue weighted by Crippen LogP contribution is 2.30. The van der Waals surface area contributed by atoms with Crippen molar-refractivity contribution in [2.24, 2.45) is 0 Å². The molecule has 0 heterocycles. The van der Waals surface area contributed by atoms with Crippen LogP contribution in [-0.2, 0) is 6.42 Å². The summed E-state index contributed by atoms with van der Waals surface area (Å²) in [4.78, 5) is 0. The molecule has 24 heavy (non-hydrogen) atoms. The van der Waals surface area contributed by atoms with Crippen LogP contribution in [0.5, 0.6) is 0 Å². The third-order valence-corrected chi connectivity index (χ3v) is 4.78. The van der Waals surface area contributed by atoms with Gasteiger partial charge in [0.15, 0.2) is 0 Å². The lowest BCUT2D eigenvalue weighted by atomic mass is 9.86. The van der Waals surface area contributed by atoms with Crippen molar-refractivity contribution >= 4 is 11.6 Å². The normalized spacial score (nSPS) is 12.0. The van der Waals surface area contributed by atoms with Crippen LogP contribution >= 0.6 is 11.6 Å². The standard InChI is InChI=1S/C23H23Cl/c24-22-17-15-21(16-18-22)23(20-12-5-2-6-13-20)14-8-7-11-19-9-3-1-4-10-19/h1-6,9-10,12-13,15-18,23H,7-8,11,14H2. The molecule has 0 nitrogen and oxygen atoms in total. The summed E-state index contributed by atoms with van der Waals surface area (Å²) >= 11 is 6.06. The van der Waals surface area contributed by atoms with Crippen molar-refractivity contribution in [2.75, 3.05) is 0 Å². The van der Waals surface area contributed by atoms with E-state index in [1.807, 2.05) is 12.1 Å². The molecule has 0 fully saturated rings. The Kier molecular flexibility index (Phi) is 6.09. The number of rotatable bonds is 7. The van der Waals surface area contributed by atoms with E-state index in [2.05, 4.69) is 72.8 Å². The molecule has 122 valence electrons. The van der Waals surface area contributed by atoms with Crippen molar-refractivity contribution in [1.29, 1.82) is 0 Å². The van der Waals surface area contributed by atoms with Gasteiger partial charge in [0.2, 0.25) is 0 Å². The second kappa shape index (κ2) is 8.70. The SMILES string of the molecule is Clc1ccc(C(CCCCc2ccccc2)c2ccccc2)cc1. The van der Waals surface area contributed by atoms with Crippen molar-refractivity contribution < 1.29 is 0 Å². The first-order valence-electron chi connectivity index (χ1n) is 8.67. The van der Waals surface area contributed by atoms with E-state index in [4.69, 9.17) is 11.6 Å². The van der Waals surface area contributed by atoms with Gasteiger partial charge >= 0.3 is 0 Å². The highest BCUT2D eigenvalue weighted by molar-refractivity contribution is 6.30. The minimum atomic E-state index is 0.444. The molecule has 1 atom stereocenters. The zero-order valence-electron chi connectivity index (χ0n) is 13.9. The van der Waals surface area contributed by atoms with Gasteiger partial charge in [0, 0.05) is 10.9 Å². The van der Waals surface area contributed by atoms with Crippen molar-refractivity contribution in [3.8, 4) is 0 Å².